The highest BCUT2D eigenvalue weighted by molar-refractivity contribution is 8.00. The van der Waals surface area contributed by atoms with Gasteiger partial charge >= 0.3 is 0 Å². The zero-order chi connectivity index (χ0) is 18.5. The topological polar surface area (TPSA) is 95.1 Å². The lowest BCUT2D eigenvalue weighted by atomic mass is 9.89. The Morgan fingerprint density at radius 3 is 2.77 bits per heavy atom. The Balaban J connectivity index is 1.65. The number of carbonyl (C=O) groups excluding carboxylic acids is 1. The van der Waals surface area contributed by atoms with Gasteiger partial charge in [0.05, 0.1) is 18.0 Å². The number of methoxy groups -OCH3 is 1. The number of aromatic nitrogens is 3. The van der Waals surface area contributed by atoms with Gasteiger partial charge in [0, 0.05) is 5.92 Å². The summed E-state index contributed by atoms with van der Waals surface area (Å²) in [7, 11) is 1.58. The maximum Gasteiger partial charge on any atom is 0.237 e. The quantitative estimate of drug-likeness (QED) is 0.595. The summed E-state index contributed by atoms with van der Waals surface area (Å²) in [6, 6.07) is 7.32. The lowest BCUT2D eigenvalue weighted by Gasteiger charge is -2.20. The van der Waals surface area contributed by atoms with Crippen LogP contribution in [0.4, 0.5) is 5.69 Å². The third-order valence-corrected chi connectivity index (χ3v) is 5.73. The number of ether oxygens (including phenoxy) is 1. The molecular formula is C18H25N5O2S. The summed E-state index contributed by atoms with van der Waals surface area (Å²) < 4.78 is 6.81. The summed E-state index contributed by atoms with van der Waals surface area (Å²) in [5.74, 6) is 7.88. The molecule has 1 aliphatic carbocycles. The van der Waals surface area contributed by atoms with Crippen LogP contribution < -0.4 is 15.9 Å². The summed E-state index contributed by atoms with van der Waals surface area (Å²) in [5.41, 5.74) is 0.643. The number of amides is 1. The highest BCUT2D eigenvalue weighted by atomic mass is 32.2. The summed E-state index contributed by atoms with van der Waals surface area (Å²) >= 11 is 1.31. The van der Waals surface area contributed by atoms with Gasteiger partial charge < -0.3 is 15.9 Å². The minimum Gasteiger partial charge on any atom is -0.495 e. The molecule has 1 unspecified atom stereocenters. The van der Waals surface area contributed by atoms with E-state index in [1.54, 1.807) is 23.9 Å². The van der Waals surface area contributed by atoms with Crippen LogP contribution in [0.3, 0.4) is 0 Å². The molecule has 1 heterocycles. The molecule has 0 spiro atoms. The molecule has 1 fully saturated rings. The number of nitrogens with zero attached hydrogens (tertiary/aromatic N) is 3. The van der Waals surface area contributed by atoms with Gasteiger partial charge in [0.2, 0.25) is 11.1 Å². The Bertz CT molecular complexity index is 758. The van der Waals surface area contributed by atoms with Crippen LogP contribution in [-0.2, 0) is 4.79 Å². The normalized spacial score (nSPS) is 16.2. The monoisotopic (exact) mass is 375 g/mol. The second-order valence-corrected chi connectivity index (χ2v) is 7.80. The van der Waals surface area contributed by atoms with Crippen LogP contribution in [0.15, 0.2) is 29.4 Å². The number of para-hydroxylation sites is 2. The molecule has 140 valence electrons. The van der Waals surface area contributed by atoms with Crippen LogP contribution in [0, 0.1) is 0 Å². The van der Waals surface area contributed by atoms with E-state index in [0.717, 1.165) is 18.7 Å². The number of hydrogen-bond acceptors (Lipinski definition) is 6. The van der Waals surface area contributed by atoms with Gasteiger partial charge in [-0.2, -0.15) is 0 Å². The van der Waals surface area contributed by atoms with E-state index >= 15 is 0 Å². The molecule has 7 nitrogen and oxygen atoms in total. The SMILES string of the molecule is COc1ccccc1NC(=O)C(C)Sc1nnc(C2CCCCC2)n1N. The van der Waals surface area contributed by atoms with Crippen molar-refractivity contribution >= 4 is 23.4 Å². The molecule has 3 rings (SSSR count). The maximum atomic E-state index is 12.5. The van der Waals surface area contributed by atoms with Crippen molar-refractivity contribution in [2.45, 2.75) is 55.4 Å². The molecule has 1 atom stereocenters. The predicted octanol–water partition coefficient (Wildman–Crippen LogP) is 3.17. The van der Waals surface area contributed by atoms with Crippen molar-refractivity contribution in [1.82, 2.24) is 14.9 Å². The number of benzene rings is 1. The number of nitrogen functional groups attached to an aromatic ring is 1. The van der Waals surface area contributed by atoms with Crippen molar-refractivity contribution < 1.29 is 9.53 Å². The second kappa shape index (κ2) is 8.44. The summed E-state index contributed by atoms with van der Waals surface area (Å²) in [5, 5.41) is 11.6. The maximum absolute atomic E-state index is 12.5. The van der Waals surface area contributed by atoms with Crippen molar-refractivity contribution in [1.29, 1.82) is 0 Å². The molecule has 1 saturated carbocycles. The molecule has 1 aromatic carbocycles. The lowest BCUT2D eigenvalue weighted by Crippen LogP contribution is -2.24. The van der Waals surface area contributed by atoms with Gasteiger partial charge in [-0.3, -0.25) is 4.79 Å². The fraction of sp³-hybridized carbons (Fsp3) is 0.500. The van der Waals surface area contributed by atoms with Crippen molar-refractivity contribution in [3.05, 3.63) is 30.1 Å². The third kappa shape index (κ3) is 4.12. The fourth-order valence-electron chi connectivity index (χ4n) is 3.20. The molecule has 3 N–H and O–H groups in total. The van der Waals surface area contributed by atoms with E-state index < -0.39 is 0 Å². The molecule has 0 radical (unpaired) electrons. The molecule has 1 aliphatic rings. The van der Waals surface area contributed by atoms with Gasteiger partial charge in [-0.25, -0.2) is 4.68 Å². The number of rotatable bonds is 6. The number of hydrogen-bond donors (Lipinski definition) is 2. The average molecular weight is 375 g/mol. The van der Waals surface area contributed by atoms with E-state index in [4.69, 9.17) is 10.6 Å². The summed E-state index contributed by atoms with van der Waals surface area (Å²) in [6.07, 6.45) is 5.89. The van der Waals surface area contributed by atoms with Crippen LogP contribution in [0.1, 0.15) is 50.8 Å². The Labute approximate surface area is 157 Å². The predicted molar refractivity (Wildman–Crippen MR) is 103 cm³/mol. The van der Waals surface area contributed by atoms with Crippen molar-refractivity contribution in [3.63, 3.8) is 0 Å². The van der Waals surface area contributed by atoms with Gasteiger partial charge in [-0.05, 0) is 31.9 Å². The van der Waals surface area contributed by atoms with Crippen molar-refractivity contribution in [3.8, 4) is 5.75 Å². The molecule has 1 aromatic heterocycles. The first kappa shape index (κ1) is 18.6. The highest BCUT2D eigenvalue weighted by Gasteiger charge is 2.25. The van der Waals surface area contributed by atoms with Crippen molar-refractivity contribution in [2.24, 2.45) is 0 Å². The van der Waals surface area contributed by atoms with E-state index in [0.29, 0.717) is 22.5 Å². The number of thioether (sulfide) groups is 1. The number of nitrogens with two attached hydrogens (primary N) is 1. The minimum absolute atomic E-state index is 0.137. The largest absolute Gasteiger partial charge is 0.495 e. The van der Waals surface area contributed by atoms with E-state index in [1.165, 1.54) is 31.0 Å². The van der Waals surface area contributed by atoms with Crippen molar-refractivity contribution in [2.75, 3.05) is 18.3 Å². The molecule has 0 bridgehead atoms. The van der Waals surface area contributed by atoms with Crippen LogP contribution in [0.2, 0.25) is 0 Å². The van der Waals surface area contributed by atoms with E-state index in [2.05, 4.69) is 15.5 Å². The van der Waals surface area contributed by atoms with E-state index in [9.17, 15) is 4.79 Å². The van der Waals surface area contributed by atoms with Gasteiger partial charge in [-0.15, -0.1) is 10.2 Å². The molecular weight excluding hydrogens is 350 g/mol. The van der Waals surface area contributed by atoms with E-state index in [1.807, 2.05) is 19.1 Å². The average Bonchev–Trinajstić information content (AvgIpc) is 3.03. The van der Waals surface area contributed by atoms with Crippen LogP contribution >= 0.6 is 11.8 Å². The molecule has 0 aliphatic heterocycles. The third-order valence-electron chi connectivity index (χ3n) is 4.68. The number of nitrogens with one attached hydrogen (secondary N) is 1. The number of carbonyl (C=O) groups is 1. The Kier molecular flexibility index (Phi) is 6.03. The molecule has 2 aromatic rings. The standard InChI is InChI=1S/C18H25N5O2S/c1-12(17(24)20-14-10-6-7-11-15(14)25-2)26-18-22-21-16(23(18)19)13-8-4-3-5-9-13/h6-7,10-13H,3-5,8-9,19H2,1-2H3,(H,20,24). The molecule has 26 heavy (non-hydrogen) atoms. The Morgan fingerprint density at radius 1 is 1.31 bits per heavy atom. The number of anilines is 1. The Morgan fingerprint density at radius 2 is 2.04 bits per heavy atom. The molecule has 8 heteroatoms. The molecule has 0 saturated heterocycles. The first-order valence-corrected chi connectivity index (χ1v) is 9.79. The van der Waals surface area contributed by atoms with Crippen LogP contribution in [0.25, 0.3) is 0 Å². The second-order valence-electron chi connectivity index (χ2n) is 6.50. The van der Waals surface area contributed by atoms with Gasteiger partial charge in [0.1, 0.15) is 5.75 Å². The minimum atomic E-state index is -0.370. The van der Waals surface area contributed by atoms with Gasteiger partial charge in [-0.1, -0.05) is 43.2 Å². The summed E-state index contributed by atoms with van der Waals surface area (Å²) in [4.78, 5) is 12.5. The van der Waals surface area contributed by atoms with E-state index in [-0.39, 0.29) is 11.2 Å². The first-order chi connectivity index (χ1) is 12.6. The zero-order valence-corrected chi connectivity index (χ0v) is 16.0. The van der Waals surface area contributed by atoms with Gasteiger partial charge in [0.15, 0.2) is 5.82 Å². The highest BCUT2D eigenvalue weighted by Crippen LogP contribution is 2.33. The molecule has 1 amide bonds. The van der Waals surface area contributed by atoms with Gasteiger partial charge in [0.25, 0.3) is 0 Å². The fourth-order valence-corrected chi connectivity index (χ4v) is 3.98. The lowest BCUT2D eigenvalue weighted by molar-refractivity contribution is -0.115. The summed E-state index contributed by atoms with van der Waals surface area (Å²) in [6.45, 7) is 1.82. The first-order valence-electron chi connectivity index (χ1n) is 8.91. The van der Waals surface area contributed by atoms with Crippen LogP contribution in [-0.4, -0.2) is 33.1 Å². The Hall–Kier alpha value is -2.22. The van der Waals surface area contributed by atoms with Crippen LogP contribution in [0.5, 0.6) is 5.75 Å². The zero-order valence-electron chi connectivity index (χ0n) is 15.1. The smallest absolute Gasteiger partial charge is 0.237 e.